The number of aromatic hydroxyl groups is 1. The van der Waals surface area contributed by atoms with Gasteiger partial charge in [-0.15, -0.1) is 0 Å². The van der Waals surface area contributed by atoms with Crippen LogP contribution in [-0.2, 0) is 4.79 Å². The Bertz CT molecular complexity index is 870. The molecule has 3 aromatic rings. The van der Waals surface area contributed by atoms with E-state index in [1.54, 1.807) is 30.5 Å². The van der Waals surface area contributed by atoms with Gasteiger partial charge in [0.15, 0.2) is 0 Å². The lowest BCUT2D eigenvalue weighted by atomic mass is 9.89. The highest BCUT2D eigenvalue weighted by Crippen LogP contribution is 2.36. The molecule has 0 bridgehead atoms. The number of hydrogen-bond acceptors (Lipinski definition) is 2. The third-order valence-corrected chi connectivity index (χ3v) is 4.00. The summed E-state index contributed by atoms with van der Waals surface area (Å²) in [4.78, 5) is 15.1. The fraction of sp³-hybridized carbons (Fsp3) is 0.118. The minimum Gasteiger partial charge on any atom is -0.508 e. The van der Waals surface area contributed by atoms with Gasteiger partial charge in [0.1, 0.15) is 5.75 Å². The number of H-pyrrole nitrogens is 1. The van der Waals surface area contributed by atoms with Crippen molar-refractivity contribution in [2.75, 3.05) is 0 Å². The van der Waals surface area contributed by atoms with Gasteiger partial charge in [0, 0.05) is 27.7 Å². The van der Waals surface area contributed by atoms with E-state index in [9.17, 15) is 9.90 Å². The Morgan fingerprint density at radius 2 is 2.00 bits per heavy atom. The SMILES string of the molecule is Cc1ccc(C(C(N)=O)c2c[nH]c3ccc(Cl)cc23)c(O)c1. The van der Waals surface area contributed by atoms with E-state index in [0.29, 0.717) is 16.1 Å². The summed E-state index contributed by atoms with van der Waals surface area (Å²) < 4.78 is 0. The van der Waals surface area contributed by atoms with Crippen LogP contribution in [0.1, 0.15) is 22.6 Å². The zero-order valence-corrected chi connectivity index (χ0v) is 12.7. The lowest BCUT2D eigenvalue weighted by Gasteiger charge is -2.15. The molecule has 112 valence electrons. The number of aryl methyl sites for hydroxylation is 1. The normalized spacial score (nSPS) is 12.5. The van der Waals surface area contributed by atoms with Crippen molar-refractivity contribution in [1.82, 2.24) is 4.98 Å². The molecule has 1 heterocycles. The number of halogens is 1. The van der Waals surface area contributed by atoms with Crippen molar-refractivity contribution in [1.29, 1.82) is 0 Å². The Hall–Kier alpha value is -2.46. The predicted molar refractivity (Wildman–Crippen MR) is 87.2 cm³/mol. The summed E-state index contributed by atoms with van der Waals surface area (Å²) in [7, 11) is 0. The number of rotatable bonds is 3. The second kappa shape index (κ2) is 5.39. The minimum absolute atomic E-state index is 0.0557. The van der Waals surface area contributed by atoms with Crippen LogP contribution in [0.3, 0.4) is 0 Å². The summed E-state index contributed by atoms with van der Waals surface area (Å²) in [5.74, 6) is -1.21. The number of nitrogens with two attached hydrogens (primary N) is 1. The van der Waals surface area contributed by atoms with E-state index in [2.05, 4.69) is 4.98 Å². The van der Waals surface area contributed by atoms with Gasteiger partial charge in [-0.1, -0.05) is 23.7 Å². The molecule has 0 aliphatic heterocycles. The molecule has 2 aromatic carbocycles. The van der Waals surface area contributed by atoms with Gasteiger partial charge in [-0.3, -0.25) is 4.79 Å². The molecular weight excluding hydrogens is 300 g/mol. The largest absolute Gasteiger partial charge is 0.508 e. The summed E-state index contributed by atoms with van der Waals surface area (Å²) in [5, 5.41) is 11.6. The Morgan fingerprint density at radius 3 is 2.68 bits per heavy atom. The molecule has 22 heavy (non-hydrogen) atoms. The van der Waals surface area contributed by atoms with E-state index in [0.717, 1.165) is 16.5 Å². The van der Waals surface area contributed by atoms with E-state index in [-0.39, 0.29) is 5.75 Å². The van der Waals surface area contributed by atoms with Crippen molar-refractivity contribution in [2.45, 2.75) is 12.8 Å². The maximum Gasteiger partial charge on any atom is 0.229 e. The summed E-state index contributed by atoms with van der Waals surface area (Å²) in [6, 6.07) is 10.6. The quantitative estimate of drug-likeness (QED) is 0.692. The van der Waals surface area contributed by atoms with Gasteiger partial charge < -0.3 is 15.8 Å². The number of fused-ring (bicyclic) bond motifs is 1. The number of carbonyl (C=O) groups is 1. The van der Waals surface area contributed by atoms with E-state index >= 15 is 0 Å². The monoisotopic (exact) mass is 314 g/mol. The molecule has 3 rings (SSSR count). The summed E-state index contributed by atoms with van der Waals surface area (Å²) in [6.07, 6.45) is 1.73. The average Bonchev–Trinajstić information content (AvgIpc) is 2.84. The molecule has 4 N–H and O–H groups in total. The van der Waals surface area contributed by atoms with Crippen LogP contribution in [0.4, 0.5) is 0 Å². The molecule has 0 saturated heterocycles. The van der Waals surface area contributed by atoms with Gasteiger partial charge >= 0.3 is 0 Å². The number of phenols is 1. The second-order valence-electron chi connectivity index (χ2n) is 5.33. The van der Waals surface area contributed by atoms with Crippen molar-refractivity contribution in [3.63, 3.8) is 0 Å². The van der Waals surface area contributed by atoms with Crippen LogP contribution >= 0.6 is 11.6 Å². The lowest BCUT2D eigenvalue weighted by Crippen LogP contribution is -2.22. The molecule has 0 spiro atoms. The standard InChI is InChI=1S/C17H15ClN2O2/c1-9-2-4-11(15(21)6-9)16(17(19)22)13-8-20-14-5-3-10(18)7-12(13)14/h2-8,16,20-21H,1H3,(H2,19,22). The zero-order chi connectivity index (χ0) is 15.9. The molecule has 1 atom stereocenters. The fourth-order valence-corrected chi connectivity index (χ4v) is 2.90. The topological polar surface area (TPSA) is 79.1 Å². The van der Waals surface area contributed by atoms with E-state index in [1.165, 1.54) is 0 Å². The smallest absolute Gasteiger partial charge is 0.229 e. The summed E-state index contributed by atoms with van der Waals surface area (Å²) in [6.45, 7) is 1.87. The van der Waals surface area contributed by atoms with E-state index in [1.807, 2.05) is 19.1 Å². The first kappa shape index (κ1) is 14.5. The molecule has 0 fully saturated rings. The van der Waals surface area contributed by atoms with E-state index in [4.69, 9.17) is 17.3 Å². The Kier molecular flexibility index (Phi) is 3.54. The number of nitrogens with one attached hydrogen (secondary N) is 1. The molecule has 1 amide bonds. The van der Waals surface area contributed by atoms with Crippen molar-refractivity contribution in [3.05, 3.63) is 64.3 Å². The zero-order valence-electron chi connectivity index (χ0n) is 11.9. The minimum atomic E-state index is -0.743. The molecule has 0 radical (unpaired) electrons. The number of aromatic amines is 1. The predicted octanol–water partition coefficient (Wildman–Crippen LogP) is 3.45. The Morgan fingerprint density at radius 1 is 1.23 bits per heavy atom. The number of hydrogen-bond donors (Lipinski definition) is 3. The Labute approximate surface area is 132 Å². The molecule has 0 aliphatic carbocycles. The van der Waals surface area contributed by atoms with Crippen LogP contribution in [0.5, 0.6) is 5.75 Å². The molecule has 0 aliphatic rings. The van der Waals surface area contributed by atoms with Gasteiger partial charge in [0.25, 0.3) is 0 Å². The van der Waals surface area contributed by atoms with Crippen LogP contribution in [0.2, 0.25) is 5.02 Å². The van der Waals surface area contributed by atoms with Crippen LogP contribution in [0.25, 0.3) is 10.9 Å². The molecule has 4 nitrogen and oxygen atoms in total. The molecule has 1 aromatic heterocycles. The number of primary amides is 1. The van der Waals surface area contributed by atoms with E-state index < -0.39 is 11.8 Å². The van der Waals surface area contributed by atoms with Crippen LogP contribution in [-0.4, -0.2) is 16.0 Å². The van der Waals surface area contributed by atoms with Crippen molar-refractivity contribution >= 4 is 28.4 Å². The maximum atomic E-state index is 12.0. The third-order valence-electron chi connectivity index (χ3n) is 3.77. The highest BCUT2D eigenvalue weighted by Gasteiger charge is 2.26. The summed E-state index contributed by atoms with van der Waals surface area (Å²) in [5.41, 5.74) is 8.55. The number of amides is 1. The van der Waals surface area contributed by atoms with Gasteiger partial charge in [-0.05, 0) is 42.3 Å². The lowest BCUT2D eigenvalue weighted by molar-refractivity contribution is -0.118. The first-order chi connectivity index (χ1) is 10.5. The average molecular weight is 315 g/mol. The Balaban J connectivity index is 2.22. The van der Waals surface area contributed by atoms with Crippen molar-refractivity contribution in [2.24, 2.45) is 5.73 Å². The number of carbonyl (C=O) groups excluding carboxylic acids is 1. The van der Waals surface area contributed by atoms with Crippen molar-refractivity contribution in [3.8, 4) is 5.75 Å². The van der Waals surface area contributed by atoms with Crippen molar-refractivity contribution < 1.29 is 9.90 Å². The number of aromatic nitrogens is 1. The number of benzene rings is 2. The van der Waals surface area contributed by atoms with Gasteiger partial charge in [0.2, 0.25) is 5.91 Å². The molecule has 1 unspecified atom stereocenters. The van der Waals surface area contributed by atoms with Gasteiger partial charge in [-0.25, -0.2) is 0 Å². The fourth-order valence-electron chi connectivity index (χ4n) is 2.73. The highest BCUT2D eigenvalue weighted by atomic mass is 35.5. The van der Waals surface area contributed by atoms with Crippen LogP contribution in [0.15, 0.2) is 42.6 Å². The highest BCUT2D eigenvalue weighted by molar-refractivity contribution is 6.31. The maximum absolute atomic E-state index is 12.0. The first-order valence-corrected chi connectivity index (χ1v) is 7.20. The van der Waals surface area contributed by atoms with Gasteiger partial charge in [0.05, 0.1) is 5.92 Å². The summed E-state index contributed by atoms with van der Waals surface area (Å²) >= 11 is 6.05. The second-order valence-corrected chi connectivity index (χ2v) is 5.77. The molecule has 5 heteroatoms. The van der Waals surface area contributed by atoms with Gasteiger partial charge in [-0.2, -0.15) is 0 Å². The third kappa shape index (κ3) is 2.42. The number of phenolic OH excluding ortho intramolecular Hbond substituents is 1. The van der Waals surface area contributed by atoms with Crippen LogP contribution in [0, 0.1) is 6.92 Å². The molecule has 0 saturated carbocycles. The van der Waals surface area contributed by atoms with Crippen LogP contribution < -0.4 is 5.73 Å². The first-order valence-electron chi connectivity index (χ1n) is 6.82. The molecular formula is C17H15ClN2O2.